The van der Waals surface area contributed by atoms with E-state index in [1.54, 1.807) is 0 Å². The molecule has 3 atom stereocenters. The van der Waals surface area contributed by atoms with Gasteiger partial charge in [0.15, 0.2) is 0 Å². The first-order valence-corrected chi connectivity index (χ1v) is 11.0. The molecule has 1 fully saturated rings. The van der Waals surface area contributed by atoms with Gasteiger partial charge in [-0.3, -0.25) is 9.88 Å². The fraction of sp³-hybridized carbons (Fsp3) is 0.385. The molecule has 5 nitrogen and oxygen atoms in total. The van der Waals surface area contributed by atoms with Crippen LogP contribution in [0.4, 0.5) is 0 Å². The second-order valence-electron chi connectivity index (χ2n) is 8.56. The molecule has 1 unspecified atom stereocenters. The third-order valence-corrected chi connectivity index (χ3v) is 6.63. The van der Waals surface area contributed by atoms with Crippen LogP contribution in [0.2, 0.25) is 0 Å². The zero-order valence-corrected chi connectivity index (χ0v) is 18.3. The van der Waals surface area contributed by atoms with Gasteiger partial charge in [0.1, 0.15) is 0 Å². The number of aliphatic hydroxyl groups excluding tert-OH is 1. The predicted molar refractivity (Wildman–Crippen MR) is 122 cm³/mol. The maximum absolute atomic E-state index is 9.98. The average Bonchev–Trinajstić information content (AvgIpc) is 2.80. The number of aromatic nitrogens is 1. The summed E-state index contributed by atoms with van der Waals surface area (Å²) in [7, 11) is 0. The van der Waals surface area contributed by atoms with Crippen LogP contribution >= 0.6 is 0 Å². The largest absolute Gasteiger partial charge is 0.392 e. The lowest BCUT2D eigenvalue weighted by molar-refractivity contribution is 0.0565. The van der Waals surface area contributed by atoms with Gasteiger partial charge in [0, 0.05) is 18.8 Å². The third kappa shape index (κ3) is 4.41. The Morgan fingerprint density at radius 3 is 2.84 bits per heavy atom. The summed E-state index contributed by atoms with van der Waals surface area (Å²) in [6, 6.07) is 12.7. The molecule has 0 spiro atoms. The summed E-state index contributed by atoms with van der Waals surface area (Å²) in [5.41, 5.74) is 6.16. The molecule has 3 heterocycles. The van der Waals surface area contributed by atoms with Gasteiger partial charge >= 0.3 is 0 Å². The van der Waals surface area contributed by atoms with Gasteiger partial charge in [0.25, 0.3) is 0 Å². The van der Waals surface area contributed by atoms with Gasteiger partial charge in [-0.05, 0) is 85.8 Å². The minimum absolute atomic E-state index is 0.0695. The molecule has 2 N–H and O–H groups in total. The van der Waals surface area contributed by atoms with Crippen LogP contribution in [0, 0.1) is 18.3 Å². The van der Waals surface area contributed by atoms with E-state index in [-0.39, 0.29) is 18.7 Å². The number of nitrogens with zero attached hydrogens (tertiary/aromatic N) is 3. The Kier molecular flexibility index (Phi) is 6.50. The van der Waals surface area contributed by atoms with E-state index in [1.165, 1.54) is 11.1 Å². The van der Waals surface area contributed by atoms with Crippen molar-refractivity contribution in [3.63, 3.8) is 0 Å². The summed E-state index contributed by atoms with van der Waals surface area (Å²) in [6.07, 6.45) is 11.5. The lowest BCUT2D eigenvalue weighted by Crippen LogP contribution is -2.53. The van der Waals surface area contributed by atoms with Crippen molar-refractivity contribution in [2.45, 2.75) is 64.4 Å². The van der Waals surface area contributed by atoms with Gasteiger partial charge in [-0.1, -0.05) is 18.2 Å². The number of nitriles is 1. The Labute approximate surface area is 184 Å². The van der Waals surface area contributed by atoms with Crippen LogP contribution in [-0.2, 0) is 13.2 Å². The molecule has 2 aliphatic rings. The number of likely N-dealkylation sites (tertiary alicyclic amines) is 1. The van der Waals surface area contributed by atoms with Gasteiger partial charge in [0.2, 0.25) is 0 Å². The van der Waals surface area contributed by atoms with Crippen LogP contribution < -0.4 is 5.32 Å². The van der Waals surface area contributed by atoms with E-state index < -0.39 is 0 Å². The molecule has 2 aromatic rings. The lowest BCUT2D eigenvalue weighted by atomic mass is 9.84. The summed E-state index contributed by atoms with van der Waals surface area (Å²) in [5, 5.41) is 22.8. The highest BCUT2D eigenvalue weighted by Gasteiger charge is 2.38. The van der Waals surface area contributed by atoms with E-state index >= 15 is 0 Å². The molecule has 0 saturated carbocycles. The maximum Gasteiger partial charge on any atom is 0.0991 e. The van der Waals surface area contributed by atoms with E-state index in [1.807, 2.05) is 36.7 Å². The van der Waals surface area contributed by atoms with Gasteiger partial charge in [0.05, 0.1) is 36.0 Å². The maximum atomic E-state index is 9.98. The van der Waals surface area contributed by atoms with Gasteiger partial charge in [-0.2, -0.15) is 5.26 Å². The van der Waals surface area contributed by atoms with Crippen LogP contribution in [0.1, 0.15) is 60.2 Å². The zero-order valence-electron chi connectivity index (χ0n) is 18.3. The number of aryl methyl sites for hydroxylation is 1. The van der Waals surface area contributed by atoms with Crippen molar-refractivity contribution in [3.05, 3.63) is 88.4 Å². The summed E-state index contributed by atoms with van der Waals surface area (Å²) in [5.74, 6) is 0. The summed E-state index contributed by atoms with van der Waals surface area (Å²) in [6.45, 7) is 4.97. The molecule has 4 rings (SSSR count). The molecule has 0 radical (unpaired) electrons. The van der Waals surface area contributed by atoms with Crippen LogP contribution in [0.3, 0.4) is 0 Å². The number of hydrogen-bond acceptors (Lipinski definition) is 5. The minimum Gasteiger partial charge on any atom is -0.392 e. The smallest absolute Gasteiger partial charge is 0.0991 e. The van der Waals surface area contributed by atoms with Crippen molar-refractivity contribution < 1.29 is 5.11 Å². The Morgan fingerprint density at radius 2 is 2.10 bits per heavy atom. The highest BCUT2D eigenvalue weighted by molar-refractivity contribution is 5.38. The van der Waals surface area contributed by atoms with Crippen molar-refractivity contribution in [3.8, 4) is 6.07 Å². The Hall–Kier alpha value is -2.94. The summed E-state index contributed by atoms with van der Waals surface area (Å²) < 4.78 is 0. The highest BCUT2D eigenvalue weighted by atomic mass is 16.3. The van der Waals surface area contributed by atoms with E-state index in [9.17, 15) is 10.4 Å². The molecule has 0 amide bonds. The number of benzene rings is 1. The number of aliphatic hydroxyl groups is 1. The topological polar surface area (TPSA) is 72.2 Å². The number of allylic oxidation sites excluding steroid dienone is 2. The second-order valence-corrected chi connectivity index (χ2v) is 8.56. The van der Waals surface area contributed by atoms with Crippen LogP contribution in [0.25, 0.3) is 0 Å². The Balaban J connectivity index is 1.74. The average molecular weight is 415 g/mol. The number of hydrogen-bond donors (Lipinski definition) is 2. The number of pyridine rings is 1. The lowest BCUT2D eigenvalue weighted by Gasteiger charge is -2.46. The first kappa shape index (κ1) is 21.3. The number of nitrogens with one attached hydrogen (secondary N) is 1. The van der Waals surface area contributed by atoms with Crippen LogP contribution in [0.5, 0.6) is 0 Å². The first-order chi connectivity index (χ1) is 15.1. The van der Waals surface area contributed by atoms with Crippen LogP contribution in [-0.4, -0.2) is 27.1 Å². The van der Waals surface area contributed by atoms with Crippen molar-refractivity contribution in [1.29, 1.82) is 5.26 Å². The quantitative estimate of drug-likeness (QED) is 0.764. The summed E-state index contributed by atoms with van der Waals surface area (Å²) >= 11 is 0. The zero-order chi connectivity index (χ0) is 21.8. The molecule has 2 aliphatic heterocycles. The van der Waals surface area contributed by atoms with Gasteiger partial charge in [-0.15, -0.1) is 0 Å². The molecular formula is C26H30N4O. The molecule has 31 heavy (non-hydrogen) atoms. The molecule has 0 bridgehead atoms. The molecule has 1 aromatic heterocycles. The number of piperidine rings is 1. The Morgan fingerprint density at radius 1 is 1.23 bits per heavy atom. The van der Waals surface area contributed by atoms with Gasteiger partial charge < -0.3 is 10.4 Å². The molecule has 1 aromatic carbocycles. The van der Waals surface area contributed by atoms with Crippen molar-refractivity contribution in [2.24, 2.45) is 0 Å². The fourth-order valence-corrected chi connectivity index (χ4v) is 5.01. The standard InChI is InChI=1S/C26H30N4O/c1-18-6-4-12-28-25(18)23-8-3-9-24(26-19(2)7-5-13-29-26)30(23)16-21-11-10-20(15-27)14-22(21)17-31/h4-7,10-14,23-25,28,31H,3,8-9,16-17H2,1-2H3/t23-,24+,25?/m1/s1. The highest BCUT2D eigenvalue weighted by Crippen LogP contribution is 2.39. The SMILES string of the molecule is CC1=CC=CNC1[C@H]1CCC[C@@H](c2ncccc2C)N1Cc1ccc(C#N)cc1CO. The van der Waals surface area contributed by atoms with E-state index in [4.69, 9.17) is 4.98 Å². The first-order valence-electron chi connectivity index (χ1n) is 11.0. The third-order valence-electron chi connectivity index (χ3n) is 6.63. The van der Waals surface area contributed by atoms with E-state index in [0.29, 0.717) is 18.2 Å². The minimum atomic E-state index is -0.0695. The normalized spacial score (nSPS) is 23.7. The van der Waals surface area contributed by atoms with Crippen molar-refractivity contribution >= 4 is 0 Å². The van der Waals surface area contributed by atoms with Crippen molar-refractivity contribution in [2.75, 3.05) is 0 Å². The molecule has 1 saturated heterocycles. The van der Waals surface area contributed by atoms with Crippen molar-refractivity contribution in [1.82, 2.24) is 15.2 Å². The van der Waals surface area contributed by atoms with E-state index in [2.05, 4.69) is 48.4 Å². The molecular weight excluding hydrogens is 384 g/mol. The molecule has 160 valence electrons. The van der Waals surface area contributed by atoms with E-state index in [0.717, 1.165) is 36.1 Å². The predicted octanol–water partition coefficient (Wildman–Crippen LogP) is 4.28. The second kappa shape index (κ2) is 9.47. The molecule has 0 aliphatic carbocycles. The molecule has 5 heteroatoms. The van der Waals surface area contributed by atoms with Gasteiger partial charge in [-0.25, -0.2) is 0 Å². The fourth-order valence-electron chi connectivity index (χ4n) is 5.01. The number of rotatable bonds is 5. The monoisotopic (exact) mass is 414 g/mol. The number of dihydropyridines is 1. The summed E-state index contributed by atoms with van der Waals surface area (Å²) in [4.78, 5) is 7.34. The van der Waals surface area contributed by atoms with Crippen LogP contribution in [0.15, 0.2) is 60.5 Å². The Bertz CT molecular complexity index is 1040.